The molecule has 2 heterocycles. The van der Waals surface area contributed by atoms with E-state index in [1.165, 1.54) is 10.7 Å². The van der Waals surface area contributed by atoms with Crippen LogP contribution in [0, 0.1) is 0 Å². The molecule has 12 heavy (non-hydrogen) atoms. The Hall–Kier alpha value is -1.91. The molecule has 0 aliphatic heterocycles. The van der Waals surface area contributed by atoms with Crippen LogP contribution in [0.25, 0.3) is 5.65 Å². The van der Waals surface area contributed by atoms with E-state index in [1.54, 1.807) is 12.3 Å². The van der Waals surface area contributed by atoms with Crippen molar-refractivity contribution in [1.82, 2.24) is 14.6 Å². The maximum Gasteiger partial charge on any atom is 0.167 e. The van der Waals surface area contributed by atoms with Crippen LogP contribution in [0.3, 0.4) is 0 Å². The van der Waals surface area contributed by atoms with E-state index in [4.69, 9.17) is 5.73 Å². The Morgan fingerprint density at radius 3 is 3.17 bits per heavy atom. The van der Waals surface area contributed by atoms with Crippen LogP contribution in [0.5, 0.6) is 0 Å². The molecule has 0 aromatic carbocycles. The maximum atomic E-state index is 10.5. The van der Waals surface area contributed by atoms with Crippen molar-refractivity contribution in [1.29, 1.82) is 0 Å². The lowest BCUT2D eigenvalue weighted by Gasteiger charge is -1.95. The van der Waals surface area contributed by atoms with Gasteiger partial charge in [-0.05, 0) is 6.07 Å². The van der Waals surface area contributed by atoms with E-state index in [1.807, 2.05) is 0 Å². The minimum Gasteiger partial charge on any atom is -0.384 e. The number of hydrogen-bond donors (Lipinski definition) is 1. The largest absolute Gasteiger partial charge is 0.384 e. The van der Waals surface area contributed by atoms with Gasteiger partial charge in [0.2, 0.25) is 0 Å². The van der Waals surface area contributed by atoms with E-state index in [-0.39, 0.29) is 0 Å². The van der Waals surface area contributed by atoms with Gasteiger partial charge in [0, 0.05) is 6.20 Å². The van der Waals surface area contributed by atoms with Crippen molar-refractivity contribution in [2.45, 2.75) is 0 Å². The first-order chi connectivity index (χ1) is 5.83. The summed E-state index contributed by atoms with van der Waals surface area (Å²) in [5.74, 6) is 0.466. The second kappa shape index (κ2) is 2.30. The van der Waals surface area contributed by atoms with Crippen LogP contribution in [0.2, 0.25) is 0 Å². The molecule has 5 heteroatoms. The molecule has 5 nitrogen and oxygen atoms in total. The fraction of sp³-hybridized carbons (Fsp3) is 0. The molecular formula is C7H6N4O. The van der Waals surface area contributed by atoms with Crippen LogP contribution in [0.15, 0.2) is 18.5 Å². The Balaban J connectivity index is 2.88. The number of carbonyl (C=O) groups excluding carboxylic acids is 1. The van der Waals surface area contributed by atoms with E-state index in [9.17, 15) is 4.79 Å². The smallest absolute Gasteiger partial charge is 0.167 e. The minimum atomic E-state index is 0.447. The van der Waals surface area contributed by atoms with E-state index < -0.39 is 0 Å². The summed E-state index contributed by atoms with van der Waals surface area (Å²) in [5, 5.41) is 3.89. The quantitative estimate of drug-likeness (QED) is 0.604. The summed E-state index contributed by atoms with van der Waals surface area (Å²) in [4.78, 5) is 14.4. The minimum absolute atomic E-state index is 0.447. The number of nitrogens with two attached hydrogens (primary N) is 1. The van der Waals surface area contributed by atoms with Gasteiger partial charge in [0.15, 0.2) is 11.9 Å². The Labute approximate surface area is 67.8 Å². The lowest BCUT2D eigenvalue weighted by atomic mass is 10.4. The second-order valence-electron chi connectivity index (χ2n) is 2.32. The number of nitrogens with zero attached hydrogens (tertiary/aromatic N) is 3. The number of aromatic nitrogens is 3. The van der Waals surface area contributed by atoms with Crippen molar-refractivity contribution < 1.29 is 4.79 Å². The molecule has 0 unspecified atom stereocenters. The molecule has 0 bridgehead atoms. The van der Waals surface area contributed by atoms with Gasteiger partial charge in [0.1, 0.15) is 5.82 Å². The molecule has 0 fully saturated rings. The third-order valence-electron chi connectivity index (χ3n) is 1.58. The van der Waals surface area contributed by atoms with Crippen LogP contribution in [-0.4, -0.2) is 20.9 Å². The van der Waals surface area contributed by atoms with Gasteiger partial charge in [0.25, 0.3) is 0 Å². The van der Waals surface area contributed by atoms with Gasteiger partial charge in [-0.25, -0.2) is 4.98 Å². The van der Waals surface area contributed by atoms with Gasteiger partial charge in [-0.1, -0.05) is 0 Å². The van der Waals surface area contributed by atoms with E-state index in [2.05, 4.69) is 10.1 Å². The summed E-state index contributed by atoms with van der Waals surface area (Å²) in [6.45, 7) is 0. The predicted molar refractivity (Wildman–Crippen MR) is 42.8 cm³/mol. The molecule has 0 aliphatic carbocycles. The van der Waals surface area contributed by atoms with Crippen molar-refractivity contribution in [2.75, 3.05) is 5.73 Å². The van der Waals surface area contributed by atoms with Gasteiger partial charge >= 0.3 is 0 Å². The van der Waals surface area contributed by atoms with Gasteiger partial charge < -0.3 is 5.73 Å². The lowest BCUT2D eigenvalue weighted by Crippen LogP contribution is -1.98. The number of hydrogen-bond acceptors (Lipinski definition) is 4. The second-order valence-corrected chi connectivity index (χ2v) is 2.32. The zero-order valence-electron chi connectivity index (χ0n) is 6.14. The fourth-order valence-electron chi connectivity index (χ4n) is 1.01. The molecule has 0 spiro atoms. The predicted octanol–water partition coefficient (Wildman–Crippen LogP) is 0.124. The molecule has 0 atom stereocenters. The van der Waals surface area contributed by atoms with Gasteiger partial charge in [-0.2, -0.15) is 9.61 Å². The summed E-state index contributed by atoms with van der Waals surface area (Å²) in [6, 6.07) is 1.62. The standard InChI is InChI=1S/C7H6N4O/c8-6-1-2-9-7-5(4-12)3-10-11(6)7/h1-4H,8H2. The Morgan fingerprint density at radius 2 is 2.42 bits per heavy atom. The van der Waals surface area contributed by atoms with Crippen LogP contribution >= 0.6 is 0 Å². The maximum absolute atomic E-state index is 10.5. The Kier molecular flexibility index (Phi) is 1.30. The Morgan fingerprint density at radius 1 is 1.58 bits per heavy atom. The highest BCUT2D eigenvalue weighted by Gasteiger charge is 2.04. The zero-order valence-corrected chi connectivity index (χ0v) is 6.14. The zero-order chi connectivity index (χ0) is 8.55. The van der Waals surface area contributed by atoms with Crippen LogP contribution < -0.4 is 5.73 Å². The van der Waals surface area contributed by atoms with E-state index in [0.29, 0.717) is 23.3 Å². The molecule has 2 N–H and O–H groups in total. The first kappa shape index (κ1) is 6.78. The molecule has 2 aromatic rings. The summed E-state index contributed by atoms with van der Waals surface area (Å²) in [7, 11) is 0. The average molecular weight is 162 g/mol. The number of rotatable bonds is 1. The summed E-state index contributed by atoms with van der Waals surface area (Å²) in [6.07, 6.45) is 3.68. The number of nitrogen functional groups attached to an aromatic ring is 1. The Bertz CT molecular complexity index is 434. The van der Waals surface area contributed by atoms with Crippen LogP contribution in [-0.2, 0) is 0 Å². The number of anilines is 1. The molecule has 2 aromatic heterocycles. The molecule has 0 amide bonds. The average Bonchev–Trinajstić information content (AvgIpc) is 2.49. The number of fused-ring (bicyclic) bond motifs is 1. The van der Waals surface area contributed by atoms with Crippen LogP contribution in [0.1, 0.15) is 10.4 Å². The summed E-state index contributed by atoms with van der Waals surface area (Å²) < 4.78 is 1.42. The van der Waals surface area contributed by atoms with Gasteiger partial charge in [0.05, 0.1) is 11.8 Å². The molecule has 0 saturated carbocycles. The molecule has 0 aliphatic rings. The van der Waals surface area contributed by atoms with Crippen LogP contribution in [0.4, 0.5) is 5.82 Å². The highest BCUT2D eigenvalue weighted by molar-refractivity contribution is 5.83. The highest BCUT2D eigenvalue weighted by atomic mass is 16.1. The van der Waals surface area contributed by atoms with E-state index in [0.717, 1.165) is 0 Å². The van der Waals surface area contributed by atoms with E-state index >= 15 is 0 Å². The molecule has 2 rings (SSSR count). The molecule has 60 valence electrons. The fourth-order valence-corrected chi connectivity index (χ4v) is 1.01. The molecular weight excluding hydrogens is 156 g/mol. The van der Waals surface area contributed by atoms with Gasteiger partial charge in [-0.3, -0.25) is 4.79 Å². The van der Waals surface area contributed by atoms with Crippen molar-refractivity contribution >= 4 is 17.8 Å². The SMILES string of the molecule is Nc1ccnc2c(C=O)cnn12. The normalized spacial score (nSPS) is 10.3. The number of aldehydes is 1. The third kappa shape index (κ3) is 0.763. The van der Waals surface area contributed by atoms with Crippen molar-refractivity contribution in [3.05, 3.63) is 24.0 Å². The van der Waals surface area contributed by atoms with Crippen molar-refractivity contribution in [3.63, 3.8) is 0 Å². The number of carbonyl (C=O) groups is 1. The van der Waals surface area contributed by atoms with Crippen molar-refractivity contribution in [2.24, 2.45) is 0 Å². The lowest BCUT2D eigenvalue weighted by molar-refractivity contribution is 0.112. The summed E-state index contributed by atoms with van der Waals surface area (Å²) >= 11 is 0. The topological polar surface area (TPSA) is 73.3 Å². The monoisotopic (exact) mass is 162 g/mol. The third-order valence-corrected chi connectivity index (χ3v) is 1.58. The molecule has 0 saturated heterocycles. The summed E-state index contributed by atoms with van der Waals surface area (Å²) in [5.41, 5.74) is 6.51. The molecule has 0 radical (unpaired) electrons. The van der Waals surface area contributed by atoms with Crippen molar-refractivity contribution in [3.8, 4) is 0 Å². The van der Waals surface area contributed by atoms with Gasteiger partial charge in [-0.15, -0.1) is 0 Å². The first-order valence-corrected chi connectivity index (χ1v) is 3.36. The highest BCUT2D eigenvalue weighted by Crippen LogP contribution is 2.08. The first-order valence-electron chi connectivity index (χ1n) is 3.36.